The van der Waals surface area contributed by atoms with Gasteiger partial charge in [-0.05, 0) is 29.8 Å². The van der Waals surface area contributed by atoms with E-state index in [0.717, 1.165) is 5.56 Å². The minimum Gasteiger partial charge on any atom is -0.493 e. The van der Waals surface area contributed by atoms with E-state index in [4.69, 9.17) is 23.7 Å². The quantitative estimate of drug-likeness (QED) is 0.588. The van der Waals surface area contributed by atoms with Crippen LogP contribution in [-0.2, 0) is 13.2 Å². The first kappa shape index (κ1) is 19.8. The van der Waals surface area contributed by atoms with Crippen molar-refractivity contribution in [2.75, 3.05) is 21.0 Å². The van der Waals surface area contributed by atoms with Gasteiger partial charge in [-0.15, -0.1) is 11.3 Å². The fourth-order valence-corrected chi connectivity index (χ4v) is 3.58. The van der Waals surface area contributed by atoms with Crippen molar-refractivity contribution in [3.05, 3.63) is 58.0 Å². The molecular formula is C21H20N2O6S. The smallest absolute Gasteiger partial charge is 0.271 e. The molecule has 0 radical (unpaired) electrons. The largest absolute Gasteiger partial charge is 0.493 e. The SMILES string of the molecule is COc1cccc(OC)c1OCc1nc(C(=O)NCc2ccc3c(c2)OCO3)cs1. The number of rotatable bonds is 8. The monoisotopic (exact) mass is 428 g/mol. The molecule has 1 aromatic heterocycles. The van der Waals surface area contributed by atoms with Crippen LogP contribution >= 0.6 is 11.3 Å². The molecule has 1 N–H and O–H groups in total. The highest BCUT2D eigenvalue weighted by Crippen LogP contribution is 2.37. The van der Waals surface area contributed by atoms with Crippen LogP contribution in [0.25, 0.3) is 0 Å². The molecule has 30 heavy (non-hydrogen) atoms. The molecule has 4 rings (SSSR count). The Kier molecular flexibility index (Phi) is 5.89. The molecule has 2 aromatic carbocycles. The molecule has 3 aromatic rings. The zero-order valence-corrected chi connectivity index (χ0v) is 17.3. The number of ether oxygens (including phenoxy) is 5. The summed E-state index contributed by atoms with van der Waals surface area (Å²) in [6.45, 7) is 0.767. The van der Waals surface area contributed by atoms with Gasteiger partial charge in [0, 0.05) is 11.9 Å². The minimum absolute atomic E-state index is 0.191. The molecule has 0 atom stereocenters. The number of benzene rings is 2. The first-order chi connectivity index (χ1) is 14.7. The predicted molar refractivity (Wildman–Crippen MR) is 110 cm³/mol. The van der Waals surface area contributed by atoms with E-state index >= 15 is 0 Å². The number of hydrogen-bond acceptors (Lipinski definition) is 8. The number of carbonyl (C=O) groups excluding carboxylic acids is 1. The van der Waals surface area contributed by atoms with Gasteiger partial charge in [0.2, 0.25) is 12.5 Å². The molecule has 0 unspecified atom stereocenters. The lowest BCUT2D eigenvalue weighted by molar-refractivity contribution is 0.0946. The normalized spacial score (nSPS) is 11.8. The second-order valence-electron chi connectivity index (χ2n) is 6.28. The summed E-state index contributed by atoms with van der Waals surface area (Å²) in [5.74, 6) is 2.75. The van der Waals surface area contributed by atoms with Gasteiger partial charge in [0.25, 0.3) is 5.91 Å². The Morgan fingerprint density at radius 3 is 2.67 bits per heavy atom. The summed E-state index contributed by atoms with van der Waals surface area (Å²) in [6, 6.07) is 11.0. The van der Waals surface area contributed by atoms with Crippen LogP contribution in [0.2, 0.25) is 0 Å². The highest BCUT2D eigenvalue weighted by molar-refractivity contribution is 7.09. The van der Waals surface area contributed by atoms with Crippen LogP contribution in [0.15, 0.2) is 41.8 Å². The molecule has 0 spiro atoms. The average Bonchev–Trinajstić information content (AvgIpc) is 3.44. The predicted octanol–water partition coefficient (Wildman–Crippen LogP) is 3.40. The number of methoxy groups -OCH3 is 2. The third kappa shape index (κ3) is 4.25. The van der Waals surface area contributed by atoms with E-state index in [0.29, 0.717) is 46.0 Å². The molecule has 1 aliphatic rings. The molecule has 0 aliphatic carbocycles. The standard InChI is InChI=1S/C21H20N2O6S/c1-25-16-4-3-5-17(26-2)20(16)27-10-19-23-14(11-30-19)21(24)22-9-13-6-7-15-18(8-13)29-12-28-15/h3-8,11H,9-10,12H2,1-2H3,(H,22,24). The van der Waals surface area contributed by atoms with Gasteiger partial charge in [0.15, 0.2) is 23.0 Å². The summed E-state index contributed by atoms with van der Waals surface area (Å²) < 4.78 is 27.1. The van der Waals surface area contributed by atoms with Gasteiger partial charge in [0.05, 0.1) is 14.2 Å². The fraction of sp³-hybridized carbons (Fsp3) is 0.238. The fourth-order valence-electron chi connectivity index (χ4n) is 2.90. The zero-order valence-electron chi connectivity index (χ0n) is 16.5. The van der Waals surface area contributed by atoms with Gasteiger partial charge in [-0.3, -0.25) is 4.79 Å². The number of carbonyl (C=O) groups is 1. The third-order valence-corrected chi connectivity index (χ3v) is 5.22. The van der Waals surface area contributed by atoms with E-state index in [1.54, 1.807) is 31.7 Å². The van der Waals surface area contributed by atoms with Crippen LogP contribution < -0.4 is 29.0 Å². The van der Waals surface area contributed by atoms with Gasteiger partial charge in [-0.25, -0.2) is 4.98 Å². The molecule has 0 saturated carbocycles. The maximum absolute atomic E-state index is 12.4. The Morgan fingerprint density at radius 2 is 1.90 bits per heavy atom. The summed E-state index contributed by atoms with van der Waals surface area (Å²) in [4.78, 5) is 16.8. The van der Waals surface area contributed by atoms with Crippen LogP contribution in [0.3, 0.4) is 0 Å². The highest BCUT2D eigenvalue weighted by Gasteiger charge is 2.16. The highest BCUT2D eigenvalue weighted by atomic mass is 32.1. The van der Waals surface area contributed by atoms with Crippen molar-refractivity contribution in [2.45, 2.75) is 13.2 Å². The first-order valence-corrected chi connectivity index (χ1v) is 10.0. The minimum atomic E-state index is -0.259. The molecule has 8 nitrogen and oxygen atoms in total. The number of nitrogens with zero attached hydrogens (tertiary/aromatic N) is 1. The molecule has 9 heteroatoms. The number of nitrogens with one attached hydrogen (secondary N) is 1. The summed E-state index contributed by atoms with van der Waals surface area (Å²) >= 11 is 1.35. The van der Waals surface area contributed by atoms with Crippen molar-refractivity contribution in [3.8, 4) is 28.7 Å². The topological polar surface area (TPSA) is 88.1 Å². The molecule has 0 saturated heterocycles. The summed E-state index contributed by atoms with van der Waals surface area (Å²) in [5, 5.41) is 5.22. The van der Waals surface area contributed by atoms with E-state index in [9.17, 15) is 4.79 Å². The van der Waals surface area contributed by atoms with Crippen molar-refractivity contribution >= 4 is 17.2 Å². The molecule has 1 amide bonds. The Hall–Kier alpha value is -3.46. The number of fused-ring (bicyclic) bond motifs is 1. The molecule has 2 heterocycles. The van der Waals surface area contributed by atoms with Gasteiger partial charge >= 0.3 is 0 Å². The second kappa shape index (κ2) is 8.91. The number of thiazole rings is 1. The molecule has 0 fully saturated rings. The zero-order chi connectivity index (χ0) is 20.9. The Labute approximate surface area is 177 Å². The van der Waals surface area contributed by atoms with Crippen LogP contribution in [0.1, 0.15) is 21.1 Å². The van der Waals surface area contributed by atoms with Gasteiger partial charge in [-0.1, -0.05) is 12.1 Å². The summed E-state index contributed by atoms with van der Waals surface area (Å²) in [7, 11) is 3.13. The van der Waals surface area contributed by atoms with Crippen LogP contribution in [0, 0.1) is 0 Å². The van der Waals surface area contributed by atoms with Crippen molar-refractivity contribution in [1.29, 1.82) is 0 Å². The average molecular weight is 428 g/mol. The maximum atomic E-state index is 12.4. The molecule has 156 valence electrons. The lowest BCUT2D eigenvalue weighted by atomic mass is 10.2. The van der Waals surface area contributed by atoms with Gasteiger partial charge in [-0.2, -0.15) is 0 Å². The van der Waals surface area contributed by atoms with Crippen LogP contribution in [-0.4, -0.2) is 31.9 Å². The summed E-state index contributed by atoms with van der Waals surface area (Å²) in [6.07, 6.45) is 0. The number of amides is 1. The summed E-state index contributed by atoms with van der Waals surface area (Å²) in [5.41, 5.74) is 1.25. The van der Waals surface area contributed by atoms with E-state index in [1.807, 2.05) is 24.3 Å². The molecule has 0 bridgehead atoms. The maximum Gasteiger partial charge on any atom is 0.271 e. The van der Waals surface area contributed by atoms with Crippen molar-refractivity contribution < 1.29 is 28.5 Å². The number of hydrogen-bond donors (Lipinski definition) is 1. The van der Waals surface area contributed by atoms with Crippen LogP contribution in [0.5, 0.6) is 28.7 Å². The number of aromatic nitrogens is 1. The van der Waals surface area contributed by atoms with E-state index in [-0.39, 0.29) is 19.3 Å². The van der Waals surface area contributed by atoms with E-state index in [2.05, 4.69) is 10.3 Å². The van der Waals surface area contributed by atoms with Crippen molar-refractivity contribution in [2.24, 2.45) is 0 Å². The third-order valence-electron chi connectivity index (χ3n) is 4.40. The van der Waals surface area contributed by atoms with Gasteiger partial charge < -0.3 is 29.0 Å². The second-order valence-corrected chi connectivity index (χ2v) is 7.22. The lowest BCUT2D eigenvalue weighted by Gasteiger charge is -2.13. The number of para-hydroxylation sites is 1. The van der Waals surface area contributed by atoms with E-state index in [1.165, 1.54) is 11.3 Å². The van der Waals surface area contributed by atoms with Gasteiger partial charge in [0.1, 0.15) is 17.3 Å². The Balaban J connectivity index is 1.35. The van der Waals surface area contributed by atoms with Crippen LogP contribution in [0.4, 0.5) is 0 Å². The van der Waals surface area contributed by atoms with E-state index < -0.39 is 0 Å². The first-order valence-electron chi connectivity index (χ1n) is 9.13. The Morgan fingerprint density at radius 1 is 1.13 bits per heavy atom. The lowest BCUT2D eigenvalue weighted by Crippen LogP contribution is -2.23. The van der Waals surface area contributed by atoms with Crippen molar-refractivity contribution in [1.82, 2.24) is 10.3 Å². The Bertz CT molecular complexity index is 1030. The molecule has 1 aliphatic heterocycles. The molecular weight excluding hydrogens is 408 g/mol. The van der Waals surface area contributed by atoms with Crippen molar-refractivity contribution in [3.63, 3.8) is 0 Å².